The molecule has 0 amide bonds. The second-order valence-corrected chi connectivity index (χ2v) is 3.99. The zero-order valence-electron chi connectivity index (χ0n) is 8.68. The van der Waals surface area contributed by atoms with Crippen LogP contribution in [0.2, 0.25) is 0 Å². The molecule has 0 fully saturated rings. The summed E-state index contributed by atoms with van der Waals surface area (Å²) >= 11 is 5.17. The smallest absolute Gasteiger partial charge is 0.0756 e. The van der Waals surface area contributed by atoms with Crippen LogP contribution in [0.15, 0.2) is 0 Å². The third kappa shape index (κ3) is 8.19. The maximum absolute atomic E-state index is 8.55. The Kier molecular flexibility index (Phi) is 8.35. The summed E-state index contributed by atoms with van der Waals surface area (Å²) in [5.74, 6) is 0.679. The van der Waals surface area contributed by atoms with E-state index in [1.54, 1.807) is 0 Å². The van der Waals surface area contributed by atoms with Gasteiger partial charge in [-0.05, 0) is 18.8 Å². The third-order valence-corrected chi connectivity index (χ3v) is 2.45. The SMILES string of the molecule is CC[C@@H](C)CC(=S)NCCCCO. The molecule has 13 heavy (non-hydrogen) atoms. The van der Waals surface area contributed by atoms with Crippen molar-refractivity contribution in [1.82, 2.24) is 5.32 Å². The quantitative estimate of drug-likeness (QED) is 0.491. The molecule has 3 heteroatoms. The molecule has 0 aliphatic carbocycles. The van der Waals surface area contributed by atoms with Crippen molar-refractivity contribution in [1.29, 1.82) is 0 Å². The largest absolute Gasteiger partial charge is 0.396 e. The van der Waals surface area contributed by atoms with Crippen molar-refractivity contribution >= 4 is 17.2 Å². The first-order chi connectivity index (χ1) is 6.20. The van der Waals surface area contributed by atoms with Gasteiger partial charge in [-0.1, -0.05) is 32.5 Å². The molecule has 2 nitrogen and oxygen atoms in total. The summed E-state index contributed by atoms with van der Waals surface area (Å²) < 4.78 is 0. The Labute approximate surface area is 86.7 Å². The van der Waals surface area contributed by atoms with Crippen LogP contribution in [-0.2, 0) is 0 Å². The number of aliphatic hydroxyl groups excluding tert-OH is 1. The Hall–Kier alpha value is -0.150. The van der Waals surface area contributed by atoms with Gasteiger partial charge in [-0.25, -0.2) is 0 Å². The predicted octanol–water partition coefficient (Wildman–Crippen LogP) is 2.11. The van der Waals surface area contributed by atoms with Crippen LogP contribution in [0.4, 0.5) is 0 Å². The van der Waals surface area contributed by atoms with Crippen molar-refractivity contribution < 1.29 is 5.11 Å². The Balaban J connectivity index is 3.30. The fraction of sp³-hybridized carbons (Fsp3) is 0.900. The number of unbranched alkanes of at least 4 members (excludes halogenated alkanes) is 1. The molecule has 0 aromatic heterocycles. The van der Waals surface area contributed by atoms with Gasteiger partial charge >= 0.3 is 0 Å². The molecular formula is C10H21NOS. The number of hydrogen-bond acceptors (Lipinski definition) is 2. The molecule has 0 saturated carbocycles. The monoisotopic (exact) mass is 203 g/mol. The fourth-order valence-electron chi connectivity index (χ4n) is 0.998. The van der Waals surface area contributed by atoms with Crippen LogP contribution in [0, 0.1) is 5.92 Å². The van der Waals surface area contributed by atoms with Crippen molar-refractivity contribution in [3.63, 3.8) is 0 Å². The first-order valence-electron chi connectivity index (χ1n) is 5.08. The first-order valence-corrected chi connectivity index (χ1v) is 5.49. The van der Waals surface area contributed by atoms with Crippen molar-refractivity contribution in [2.75, 3.05) is 13.2 Å². The van der Waals surface area contributed by atoms with E-state index < -0.39 is 0 Å². The van der Waals surface area contributed by atoms with Crippen LogP contribution in [0.25, 0.3) is 0 Å². The summed E-state index contributed by atoms with van der Waals surface area (Å²) in [5.41, 5.74) is 0. The molecule has 0 aliphatic rings. The van der Waals surface area contributed by atoms with Gasteiger partial charge in [-0.3, -0.25) is 0 Å². The van der Waals surface area contributed by atoms with Gasteiger partial charge in [0.15, 0.2) is 0 Å². The van der Waals surface area contributed by atoms with Gasteiger partial charge in [0.2, 0.25) is 0 Å². The van der Waals surface area contributed by atoms with Crippen LogP contribution in [0.5, 0.6) is 0 Å². The molecular weight excluding hydrogens is 182 g/mol. The lowest BCUT2D eigenvalue weighted by atomic mass is 10.1. The summed E-state index contributed by atoms with van der Waals surface area (Å²) in [6.45, 7) is 5.57. The average Bonchev–Trinajstić information content (AvgIpc) is 2.12. The van der Waals surface area contributed by atoms with Crippen molar-refractivity contribution in [3.05, 3.63) is 0 Å². The molecule has 0 aromatic carbocycles. The zero-order valence-corrected chi connectivity index (χ0v) is 9.49. The molecule has 0 aromatic rings. The normalized spacial score (nSPS) is 12.5. The molecule has 0 unspecified atom stereocenters. The highest BCUT2D eigenvalue weighted by Crippen LogP contribution is 2.06. The molecule has 0 heterocycles. The first kappa shape index (κ1) is 12.8. The number of rotatable bonds is 7. The lowest BCUT2D eigenvalue weighted by Crippen LogP contribution is -2.24. The van der Waals surface area contributed by atoms with E-state index in [-0.39, 0.29) is 6.61 Å². The lowest BCUT2D eigenvalue weighted by molar-refractivity contribution is 0.285. The molecule has 1 atom stereocenters. The van der Waals surface area contributed by atoms with Gasteiger partial charge in [0.1, 0.15) is 0 Å². The Bertz CT molecular complexity index is 139. The number of aliphatic hydroxyl groups is 1. The van der Waals surface area contributed by atoms with Crippen molar-refractivity contribution in [2.24, 2.45) is 5.92 Å². The van der Waals surface area contributed by atoms with E-state index in [1.807, 2.05) is 0 Å². The molecule has 78 valence electrons. The van der Waals surface area contributed by atoms with Crippen molar-refractivity contribution in [2.45, 2.75) is 39.5 Å². The maximum atomic E-state index is 8.55. The van der Waals surface area contributed by atoms with Gasteiger partial charge in [0, 0.05) is 19.6 Å². The number of nitrogens with one attached hydrogen (secondary N) is 1. The van der Waals surface area contributed by atoms with Crippen molar-refractivity contribution in [3.8, 4) is 0 Å². The highest BCUT2D eigenvalue weighted by Gasteiger charge is 2.02. The number of hydrogen-bond donors (Lipinski definition) is 2. The van der Waals surface area contributed by atoms with Crippen LogP contribution in [0.3, 0.4) is 0 Å². The van der Waals surface area contributed by atoms with E-state index >= 15 is 0 Å². The van der Waals surface area contributed by atoms with E-state index in [2.05, 4.69) is 19.2 Å². The van der Waals surface area contributed by atoms with Crippen LogP contribution in [-0.4, -0.2) is 23.2 Å². The average molecular weight is 203 g/mol. The van der Waals surface area contributed by atoms with E-state index in [4.69, 9.17) is 17.3 Å². The minimum absolute atomic E-state index is 0.278. The van der Waals surface area contributed by atoms with Gasteiger partial charge in [-0.15, -0.1) is 0 Å². The highest BCUT2D eigenvalue weighted by atomic mass is 32.1. The topological polar surface area (TPSA) is 32.3 Å². The van der Waals surface area contributed by atoms with Crippen LogP contribution >= 0.6 is 12.2 Å². The fourth-order valence-corrected chi connectivity index (χ4v) is 1.38. The summed E-state index contributed by atoms with van der Waals surface area (Å²) in [4.78, 5) is 0.965. The molecule has 0 rings (SSSR count). The molecule has 0 radical (unpaired) electrons. The second-order valence-electron chi connectivity index (χ2n) is 3.50. The molecule has 2 N–H and O–H groups in total. The summed E-state index contributed by atoms with van der Waals surface area (Å²) in [6, 6.07) is 0. The third-order valence-electron chi connectivity index (χ3n) is 2.14. The van der Waals surface area contributed by atoms with E-state index in [0.717, 1.165) is 30.8 Å². The Morgan fingerprint density at radius 1 is 1.46 bits per heavy atom. The van der Waals surface area contributed by atoms with E-state index in [1.165, 1.54) is 6.42 Å². The number of thiocarbonyl (C=S) groups is 1. The molecule has 0 saturated heterocycles. The lowest BCUT2D eigenvalue weighted by Gasteiger charge is -2.11. The maximum Gasteiger partial charge on any atom is 0.0756 e. The van der Waals surface area contributed by atoms with E-state index in [9.17, 15) is 0 Å². The van der Waals surface area contributed by atoms with Crippen LogP contribution in [0.1, 0.15) is 39.5 Å². The summed E-state index contributed by atoms with van der Waals surface area (Å²) in [5, 5.41) is 11.8. The van der Waals surface area contributed by atoms with Gasteiger partial charge in [-0.2, -0.15) is 0 Å². The van der Waals surface area contributed by atoms with Crippen LogP contribution < -0.4 is 5.32 Å². The second kappa shape index (κ2) is 8.45. The molecule has 0 aliphatic heterocycles. The summed E-state index contributed by atoms with van der Waals surface area (Å²) in [6.07, 6.45) is 4.03. The minimum Gasteiger partial charge on any atom is -0.396 e. The van der Waals surface area contributed by atoms with Gasteiger partial charge < -0.3 is 10.4 Å². The molecule has 0 bridgehead atoms. The van der Waals surface area contributed by atoms with Gasteiger partial charge in [0.25, 0.3) is 0 Å². The molecule has 0 spiro atoms. The standard InChI is InChI=1S/C10H21NOS/c1-3-9(2)8-10(13)11-6-4-5-7-12/h9,12H,3-8H2,1-2H3,(H,11,13)/t9-/m1/s1. The summed E-state index contributed by atoms with van der Waals surface area (Å²) in [7, 11) is 0. The minimum atomic E-state index is 0.278. The predicted molar refractivity (Wildman–Crippen MR) is 61.0 cm³/mol. The van der Waals surface area contributed by atoms with Gasteiger partial charge in [0.05, 0.1) is 4.99 Å². The van der Waals surface area contributed by atoms with E-state index in [0.29, 0.717) is 5.92 Å². The highest BCUT2D eigenvalue weighted by molar-refractivity contribution is 7.80. The Morgan fingerprint density at radius 2 is 2.15 bits per heavy atom. The Morgan fingerprint density at radius 3 is 2.69 bits per heavy atom. The zero-order chi connectivity index (χ0) is 10.1.